The summed E-state index contributed by atoms with van der Waals surface area (Å²) < 4.78 is 19.4. The van der Waals surface area contributed by atoms with Gasteiger partial charge < -0.3 is 15.2 Å². The number of aliphatic hydroxyl groups is 1. The van der Waals surface area contributed by atoms with E-state index in [1.54, 1.807) is 24.5 Å². The van der Waals surface area contributed by atoms with E-state index in [1.165, 1.54) is 6.07 Å². The number of ether oxygens (including phenoxy) is 1. The van der Waals surface area contributed by atoms with Crippen LogP contribution in [-0.4, -0.2) is 35.9 Å². The number of pyridine rings is 1. The van der Waals surface area contributed by atoms with Crippen molar-refractivity contribution in [3.05, 3.63) is 48.0 Å². The zero-order valence-electron chi connectivity index (χ0n) is 12.3. The molecule has 2 N–H and O–H groups in total. The number of aromatic nitrogens is 1. The number of halogens is 1. The highest BCUT2D eigenvalue weighted by Crippen LogP contribution is 2.25. The van der Waals surface area contributed by atoms with E-state index < -0.39 is 0 Å². The summed E-state index contributed by atoms with van der Waals surface area (Å²) in [5.41, 5.74) is 2.24. The highest BCUT2D eigenvalue weighted by Gasteiger charge is 2.16. The Morgan fingerprint density at radius 2 is 2.14 bits per heavy atom. The fraction of sp³-hybridized carbons (Fsp3) is 0.353. The molecule has 116 valence electrons. The Bertz CT molecular complexity index is 644. The van der Waals surface area contributed by atoms with Gasteiger partial charge >= 0.3 is 0 Å². The molecule has 0 unspecified atom stereocenters. The maximum Gasteiger partial charge on any atom is 0.138 e. The summed E-state index contributed by atoms with van der Waals surface area (Å²) >= 11 is 0. The van der Waals surface area contributed by atoms with Gasteiger partial charge in [0.2, 0.25) is 0 Å². The van der Waals surface area contributed by atoms with Crippen molar-refractivity contribution >= 4 is 0 Å². The van der Waals surface area contributed by atoms with E-state index in [0.29, 0.717) is 30.4 Å². The molecule has 0 radical (unpaired) electrons. The van der Waals surface area contributed by atoms with Crippen molar-refractivity contribution in [2.75, 3.05) is 19.8 Å². The first kappa shape index (κ1) is 14.9. The molecule has 2 aromatic rings. The third-order valence-corrected chi connectivity index (χ3v) is 3.85. The van der Waals surface area contributed by atoms with Gasteiger partial charge in [-0.1, -0.05) is 6.07 Å². The van der Waals surface area contributed by atoms with Crippen molar-refractivity contribution in [3.8, 4) is 16.9 Å². The topological polar surface area (TPSA) is 54.4 Å². The monoisotopic (exact) mass is 302 g/mol. The van der Waals surface area contributed by atoms with Gasteiger partial charge in [0, 0.05) is 24.4 Å². The zero-order chi connectivity index (χ0) is 15.4. The number of hydrogen-bond acceptors (Lipinski definition) is 4. The number of hydrogen-bond donors (Lipinski definition) is 2. The largest absolute Gasteiger partial charge is 0.490 e. The molecule has 0 saturated carbocycles. The Kier molecular flexibility index (Phi) is 4.65. The Morgan fingerprint density at radius 1 is 1.27 bits per heavy atom. The normalized spacial score (nSPS) is 17.1. The first-order valence-corrected chi connectivity index (χ1v) is 7.47. The molecular formula is C17H19FN2O2. The molecule has 1 atom stereocenters. The third-order valence-electron chi connectivity index (χ3n) is 3.85. The van der Waals surface area contributed by atoms with Crippen LogP contribution in [0, 0.1) is 5.82 Å². The Morgan fingerprint density at radius 3 is 2.86 bits per heavy atom. The fourth-order valence-corrected chi connectivity index (χ4v) is 2.41. The summed E-state index contributed by atoms with van der Waals surface area (Å²) in [6.45, 7) is 1.61. The van der Waals surface area contributed by atoms with Gasteiger partial charge in [-0.3, -0.25) is 4.98 Å². The van der Waals surface area contributed by atoms with Gasteiger partial charge in [0.05, 0.1) is 6.20 Å². The molecule has 1 aliphatic rings. The van der Waals surface area contributed by atoms with Crippen molar-refractivity contribution in [2.45, 2.75) is 18.9 Å². The molecule has 0 amide bonds. The summed E-state index contributed by atoms with van der Waals surface area (Å²) in [6, 6.07) is 7.21. The lowest BCUT2D eigenvalue weighted by Gasteiger charge is -2.27. The van der Waals surface area contributed by atoms with Crippen LogP contribution in [0.15, 0.2) is 36.7 Å². The molecule has 5 heteroatoms. The van der Waals surface area contributed by atoms with Crippen molar-refractivity contribution in [1.29, 1.82) is 0 Å². The number of rotatable bonds is 6. The molecule has 4 nitrogen and oxygen atoms in total. The minimum atomic E-state index is -0.297. The Balaban J connectivity index is 1.77. The molecule has 0 aliphatic carbocycles. The number of aliphatic hydroxyl groups excluding tert-OH is 1. The summed E-state index contributed by atoms with van der Waals surface area (Å²) in [5.74, 6) is 0.411. The molecule has 1 fully saturated rings. The minimum Gasteiger partial charge on any atom is -0.490 e. The molecule has 1 aromatic carbocycles. The van der Waals surface area contributed by atoms with Crippen LogP contribution in [0.3, 0.4) is 0 Å². The zero-order valence-corrected chi connectivity index (χ0v) is 12.3. The van der Waals surface area contributed by atoms with E-state index in [4.69, 9.17) is 9.84 Å². The summed E-state index contributed by atoms with van der Waals surface area (Å²) in [4.78, 5) is 4.19. The lowest BCUT2D eigenvalue weighted by atomic mass is 10.0. The molecule has 1 saturated heterocycles. The lowest BCUT2D eigenvalue weighted by Crippen LogP contribution is -2.46. The molecule has 2 heterocycles. The molecule has 3 rings (SSSR count). The van der Waals surface area contributed by atoms with Crippen molar-refractivity contribution in [3.63, 3.8) is 0 Å². The van der Waals surface area contributed by atoms with Crippen LogP contribution in [0.25, 0.3) is 11.1 Å². The molecular weight excluding hydrogens is 283 g/mol. The smallest absolute Gasteiger partial charge is 0.138 e. The second-order valence-electron chi connectivity index (χ2n) is 5.44. The van der Waals surface area contributed by atoms with Gasteiger partial charge in [-0.15, -0.1) is 0 Å². The summed E-state index contributed by atoms with van der Waals surface area (Å²) in [6.07, 6.45) is 4.84. The predicted octanol–water partition coefficient (Wildman–Crippen LogP) is 2.16. The van der Waals surface area contributed by atoms with Gasteiger partial charge in [-0.25, -0.2) is 4.39 Å². The van der Waals surface area contributed by atoms with E-state index in [9.17, 15) is 4.39 Å². The van der Waals surface area contributed by atoms with Crippen LogP contribution < -0.4 is 10.1 Å². The van der Waals surface area contributed by atoms with Crippen molar-refractivity contribution in [1.82, 2.24) is 10.3 Å². The second-order valence-corrected chi connectivity index (χ2v) is 5.44. The number of benzene rings is 1. The van der Waals surface area contributed by atoms with E-state index in [1.807, 2.05) is 6.07 Å². The summed E-state index contributed by atoms with van der Waals surface area (Å²) in [7, 11) is 0. The standard InChI is InChI=1S/C17H19FN2O2/c18-17-2-1-12(7-13(17)4-6-21)14-8-16(10-19-9-14)22-11-15-3-5-20-15/h1-2,7-10,15,20-21H,3-6,11H2/t15-/m0/s1. The maximum absolute atomic E-state index is 13.6. The Labute approximate surface area is 129 Å². The second kappa shape index (κ2) is 6.85. The van der Waals surface area contributed by atoms with Crippen LogP contribution in [-0.2, 0) is 6.42 Å². The maximum atomic E-state index is 13.6. The summed E-state index contributed by atoms with van der Waals surface area (Å²) in [5, 5.41) is 12.3. The third kappa shape index (κ3) is 3.43. The molecule has 0 spiro atoms. The molecule has 0 bridgehead atoms. The fourth-order valence-electron chi connectivity index (χ4n) is 2.41. The SMILES string of the molecule is OCCc1cc(-c2cncc(OC[C@@H]3CCN3)c2)ccc1F. The first-order valence-electron chi connectivity index (χ1n) is 7.47. The highest BCUT2D eigenvalue weighted by atomic mass is 19.1. The highest BCUT2D eigenvalue weighted by molar-refractivity contribution is 5.64. The van der Waals surface area contributed by atoms with Crippen LogP contribution in [0.1, 0.15) is 12.0 Å². The van der Waals surface area contributed by atoms with Gasteiger partial charge in [0.15, 0.2) is 0 Å². The van der Waals surface area contributed by atoms with Gasteiger partial charge in [-0.2, -0.15) is 0 Å². The Hall–Kier alpha value is -1.98. The predicted molar refractivity (Wildman–Crippen MR) is 82.3 cm³/mol. The quantitative estimate of drug-likeness (QED) is 0.858. The average molecular weight is 302 g/mol. The van der Waals surface area contributed by atoms with E-state index >= 15 is 0 Å². The first-order chi connectivity index (χ1) is 10.8. The van der Waals surface area contributed by atoms with Gasteiger partial charge in [-0.05, 0) is 48.7 Å². The molecule has 22 heavy (non-hydrogen) atoms. The van der Waals surface area contributed by atoms with Gasteiger partial charge in [0.1, 0.15) is 18.2 Å². The van der Waals surface area contributed by atoms with Gasteiger partial charge in [0.25, 0.3) is 0 Å². The van der Waals surface area contributed by atoms with Crippen LogP contribution in [0.5, 0.6) is 5.75 Å². The van der Waals surface area contributed by atoms with E-state index in [0.717, 1.165) is 24.1 Å². The van der Waals surface area contributed by atoms with Crippen LogP contribution in [0.2, 0.25) is 0 Å². The van der Waals surface area contributed by atoms with Crippen molar-refractivity contribution in [2.24, 2.45) is 0 Å². The average Bonchev–Trinajstić information content (AvgIpc) is 2.48. The lowest BCUT2D eigenvalue weighted by molar-refractivity contribution is 0.217. The molecule has 1 aromatic heterocycles. The number of nitrogens with zero attached hydrogens (tertiary/aromatic N) is 1. The minimum absolute atomic E-state index is 0.0733. The van der Waals surface area contributed by atoms with Crippen LogP contribution >= 0.6 is 0 Å². The van der Waals surface area contributed by atoms with Crippen molar-refractivity contribution < 1.29 is 14.2 Å². The van der Waals surface area contributed by atoms with Crippen LogP contribution in [0.4, 0.5) is 4.39 Å². The van der Waals surface area contributed by atoms with E-state index in [-0.39, 0.29) is 12.4 Å². The molecule has 1 aliphatic heterocycles. The van der Waals surface area contributed by atoms with E-state index in [2.05, 4.69) is 10.3 Å². The number of nitrogens with one attached hydrogen (secondary N) is 1.